The van der Waals surface area contributed by atoms with Crippen molar-refractivity contribution in [3.63, 3.8) is 0 Å². The van der Waals surface area contributed by atoms with Crippen molar-refractivity contribution in [1.29, 1.82) is 5.26 Å². The fourth-order valence-electron chi connectivity index (χ4n) is 1.79. The Balaban J connectivity index is 2.17. The van der Waals surface area contributed by atoms with Gasteiger partial charge in [0.1, 0.15) is 11.8 Å². The normalized spacial score (nSPS) is 11.6. The topological polar surface area (TPSA) is 33.0 Å². The molecule has 0 radical (unpaired) electrons. The van der Waals surface area contributed by atoms with Gasteiger partial charge in [0.25, 0.3) is 0 Å². The van der Waals surface area contributed by atoms with Crippen molar-refractivity contribution in [2.75, 3.05) is 6.26 Å². The van der Waals surface area contributed by atoms with Gasteiger partial charge in [0, 0.05) is 10.5 Å². The number of nitrogens with zero attached hydrogens (tertiary/aromatic N) is 1. The lowest BCUT2D eigenvalue weighted by Gasteiger charge is -2.13. The third-order valence-electron chi connectivity index (χ3n) is 2.78. The summed E-state index contributed by atoms with van der Waals surface area (Å²) >= 11 is 1.68. The van der Waals surface area contributed by atoms with Crippen LogP contribution in [-0.2, 0) is 0 Å². The predicted octanol–water partition coefficient (Wildman–Crippen LogP) is 4.36. The van der Waals surface area contributed by atoms with Crippen molar-refractivity contribution in [2.45, 2.75) is 17.9 Å². The van der Waals surface area contributed by atoms with Gasteiger partial charge in [0.05, 0.1) is 0 Å². The highest BCUT2D eigenvalue weighted by Gasteiger charge is 2.12. The Morgan fingerprint density at radius 2 is 1.89 bits per heavy atom. The molecule has 0 N–H and O–H groups in total. The zero-order valence-corrected chi connectivity index (χ0v) is 11.8. The molecule has 0 aliphatic rings. The van der Waals surface area contributed by atoms with Crippen LogP contribution in [0.1, 0.15) is 17.2 Å². The third-order valence-corrected chi connectivity index (χ3v) is 3.52. The van der Waals surface area contributed by atoms with E-state index in [-0.39, 0.29) is 0 Å². The molecule has 1 atom stereocenters. The van der Waals surface area contributed by atoms with Gasteiger partial charge in [-0.25, -0.2) is 0 Å². The predicted molar refractivity (Wildman–Crippen MR) is 78.4 cm³/mol. The average molecular weight is 269 g/mol. The Hall–Kier alpha value is -1.92. The number of hydrogen-bond donors (Lipinski definition) is 0. The van der Waals surface area contributed by atoms with Crippen molar-refractivity contribution in [3.05, 3.63) is 59.7 Å². The minimum atomic E-state index is -0.569. The Labute approximate surface area is 118 Å². The Bertz CT molecular complexity index is 586. The molecule has 2 aromatic rings. The molecule has 0 bridgehead atoms. The van der Waals surface area contributed by atoms with Crippen LogP contribution >= 0.6 is 11.8 Å². The first-order valence-corrected chi connectivity index (χ1v) is 7.22. The van der Waals surface area contributed by atoms with E-state index in [0.717, 1.165) is 11.1 Å². The first-order valence-electron chi connectivity index (χ1n) is 6.00. The number of rotatable bonds is 4. The summed E-state index contributed by atoms with van der Waals surface area (Å²) in [6, 6.07) is 17.8. The largest absolute Gasteiger partial charge is 0.471 e. The molecule has 0 aliphatic carbocycles. The second-order valence-electron chi connectivity index (χ2n) is 4.22. The summed E-state index contributed by atoms with van der Waals surface area (Å²) in [6.45, 7) is 2.01. The molecule has 0 heterocycles. The van der Waals surface area contributed by atoms with Gasteiger partial charge in [0.15, 0.2) is 0 Å². The van der Waals surface area contributed by atoms with Gasteiger partial charge in [-0.3, -0.25) is 0 Å². The van der Waals surface area contributed by atoms with Crippen molar-refractivity contribution >= 4 is 11.8 Å². The summed E-state index contributed by atoms with van der Waals surface area (Å²) < 4.78 is 5.73. The molecule has 0 amide bonds. The Morgan fingerprint density at radius 1 is 1.16 bits per heavy atom. The van der Waals surface area contributed by atoms with Crippen molar-refractivity contribution in [3.8, 4) is 11.8 Å². The van der Waals surface area contributed by atoms with Crippen LogP contribution in [0.2, 0.25) is 0 Å². The number of aryl methyl sites for hydroxylation is 1. The van der Waals surface area contributed by atoms with Crippen LogP contribution in [0.3, 0.4) is 0 Å². The zero-order valence-electron chi connectivity index (χ0n) is 11.0. The van der Waals surface area contributed by atoms with Crippen molar-refractivity contribution in [2.24, 2.45) is 0 Å². The molecule has 0 fully saturated rings. The van der Waals surface area contributed by atoms with Crippen LogP contribution < -0.4 is 4.74 Å². The van der Waals surface area contributed by atoms with Gasteiger partial charge in [-0.05, 0) is 37.4 Å². The zero-order chi connectivity index (χ0) is 13.7. The highest BCUT2D eigenvalue weighted by Crippen LogP contribution is 2.24. The quantitative estimate of drug-likeness (QED) is 0.773. The Kier molecular flexibility index (Phi) is 4.48. The fourth-order valence-corrected chi connectivity index (χ4v) is 2.20. The number of thioether (sulfide) groups is 1. The van der Waals surface area contributed by atoms with Crippen molar-refractivity contribution in [1.82, 2.24) is 0 Å². The lowest BCUT2D eigenvalue weighted by molar-refractivity contribution is 0.262. The fraction of sp³-hybridized carbons (Fsp3) is 0.188. The van der Waals surface area contributed by atoms with E-state index in [1.165, 1.54) is 4.90 Å². The molecule has 0 aromatic heterocycles. The van der Waals surface area contributed by atoms with Crippen LogP contribution in [0.25, 0.3) is 0 Å². The van der Waals surface area contributed by atoms with Crippen LogP contribution in [0.4, 0.5) is 0 Å². The van der Waals surface area contributed by atoms with Crippen LogP contribution in [0.15, 0.2) is 53.4 Å². The van der Waals surface area contributed by atoms with E-state index in [0.29, 0.717) is 5.75 Å². The van der Waals surface area contributed by atoms with Gasteiger partial charge < -0.3 is 4.74 Å². The lowest BCUT2D eigenvalue weighted by Crippen LogP contribution is -2.05. The van der Waals surface area contributed by atoms with Crippen molar-refractivity contribution < 1.29 is 4.74 Å². The van der Waals surface area contributed by atoms with E-state index in [4.69, 9.17) is 4.74 Å². The maximum absolute atomic E-state index is 9.25. The second kappa shape index (κ2) is 6.31. The van der Waals surface area contributed by atoms with E-state index in [1.807, 2.05) is 61.7 Å². The summed E-state index contributed by atoms with van der Waals surface area (Å²) in [5.74, 6) is 0.714. The highest BCUT2D eigenvalue weighted by molar-refractivity contribution is 7.98. The summed E-state index contributed by atoms with van der Waals surface area (Å²) in [5.41, 5.74) is 2.01. The molecule has 0 saturated carbocycles. The smallest absolute Gasteiger partial charge is 0.209 e. The number of ether oxygens (including phenoxy) is 1. The molecule has 0 aliphatic heterocycles. The van der Waals surface area contributed by atoms with Gasteiger partial charge in [-0.2, -0.15) is 5.26 Å². The number of hydrogen-bond acceptors (Lipinski definition) is 3. The van der Waals surface area contributed by atoms with E-state index in [1.54, 1.807) is 11.8 Å². The van der Waals surface area contributed by atoms with E-state index >= 15 is 0 Å². The van der Waals surface area contributed by atoms with E-state index < -0.39 is 6.10 Å². The maximum Gasteiger partial charge on any atom is 0.209 e. The monoisotopic (exact) mass is 269 g/mol. The summed E-state index contributed by atoms with van der Waals surface area (Å²) in [7, 11) is 0. The molecule has 0 saturated heterocycles. The SMILES string of the molecule is CSc1ccc(OC(C#N)c2cccc(C)c2)cc1. The first kappa shape index (κ1) is 13.5. The minimum Gasteiger partial charge on any atom is -0.471 e. The van der Waals surface area contributed by atoms with E-state index in [9.17, 15) is 5.26 Å². The summed E-state index contributed by atoms with van der Waals surface area (Å²) in [4.78, 5) is 1.18. The highest BCUT2D eigenvalue weighted by atomic mass is 32.2. The molecule has 19 heavy (non-hydrogen) atoms. The molecular weight excluding hydrogens is 254 g/mol. The summed E-state index contributed by atoms with van der Waals surface area (Å²) in [5, 5.41) is 9.25. The molecule has 3 heteroatoms. The number of nitriles is 1. The van der Waals surface area contributed by atoms with Gasteiger partial charge in [-0.1, -0.05) is 29.8 Å². The van der Waals surface area contributed by atoms with Gasteiger partial charge >= 0.3 is 0 Å². The number of benzene rings is 2. The van der Waals surface area contributed by atoms with Gasteiger partial charge in [0.2, 0.25) is 6.10 Å². The Morgan fingerprint density at radius 3 is 2.47 bits per heavy atom. The second-order valence-corrected chi connectivity index (χ2v) is 5.10. The molecule has 2 aromatic carbocycles. The molecule has 96 valence electrons. The third kappa shape index (κ3) is 3.52. The van der Waals surface area contributed by atoms with Gasteiger partial charge in [-0.15, -0.1) is 11.8 Å². The standard InChI is InChI=1S/C16H15NOS/c1-12-4-3-5-13(10-12)16(11-17)18-14-6-8-15(19-2)9-7-14/h3-10,16H,1-2H3. The average Bonchev–Trinajstić information content (AvgIpc) is 2.45. The van der Waals surface area contributed by atoms with E-state index in [2.05, 4.69) is 6.07 Å². The lowest BCUT2D eigenvalue weighted by atomic mass is 10.1. The minimum absolute atomic E-state index is 0.569. The van der Waals surface area contributed by atoms with Crippen LogP contribution in [-0.4, -0.2) is 6.26 Å². The molecule has 1 unspecified atom stereocenters. The molecule has 2 rings (SSSR count). The molecular formula is C16H15NOS. The maximum atomic E-state index is 9.25. The van der Waals surface area contributed by atoms with Crippen LogP contribution in [0, 0.1) is 18.3 Å². The molecule has 0 spiro atoms. The first-order chi connectivity index (χ1) is 9.22. The molecule has 2 nitrogen and oxygen atoms in total. The van der Waals surface area contributed by atoms with Crippen LogP contribution in [0.5, 0.6) is 5.75 Å². The summed E-state index contributed by atoms with van der Waals surface area (Å²) in [6.07, 6.45) is 1.46.